The van der Waals surface area contributed by atoms with Gasteiger partial charge in [-0.15, -0.1) is 0 Å². The van der Waals surface area contributed by atoms with E-state index < -0.39 is 17.1 Å². The van der Waals surface area contributed by atoms with Crippen LogP contribution in [0, 0.1) is 29.1 Å². The molecule has 1 aromatic carbocycles. The second kappa shape index (κ2) is 16.1. The number of aliphatic hydroxyl groups excluding tert-OH is 2. The zero-order chi connectivity index (χ0) is 33.3. The number of phenols is 1. The van der Waals surface area contributed by atoms with Crippen molar-refractivity contribution in [1.29, 1.82) is 0 Å². The molecule has 3 aliphatic rings. The molecule has 1 aliphatic heterocycles. The van der Waals surface area contributed by atoms with Crippen LogP contribution in [0.2, 0.25) is 0 Å². The Hall–Kier alpha value is -3.21. The number of ether oxygens (including phenoxy) is 1. The Bertz CT molecular complexity index is 1430. The van der Waals surface area contributed by atoms with Gasteiger partial charge in [0.05, 0.1) is 18.3 Å². The van der Waals surface area contributed by atoms with Crippen molar-refractivity contribution in [2.24, 2.45) is 17.3 Å². The van der Waals surface area contributed by atoms with Crippen LogP contribution in [0.1, 0.15) is 84.1 Å². The van der Waals surface area contributed by atoms with Gasteiger partial charge >= 0.3 is 0 Å². The number of aliphatic hydroxyl groups is 3. The fourth-order valence-corrected chi connectivity index (χ4v) is 7.89. The number of benzene rings is 1. The monoisotopic (exact) mass is 628 g/mol. The van der Waals surface area contributed by atoms with Gasteiger partial charge in [-0.25, -0.2) is 0 Å². The molecular formula is C40H52O6. The molecular weight excluding hydrogens is 576 g/mol. The maximum Gasteiger partial charge on any atom is 0.162 e. The fourth-order valence-electron chi connectivity index (χ4n) is 7.89. The summed E-state index contributed by atoms with van der Waals surface area (Å²) >= 11 is 0. The van der Waals surface area contributed by atoms with Gasteiger partial charge in [0.15, 0.2) is 5.78 Å². The minimum Gasteiger partial charge on any atom is -0.508 e. The first-order valence-electron chi connectivity index (χ1n) is 16.8. The molecule has 4 N–H and O–H groups in total. The maximum atomic E-state index is 13.6. The van der Waals surface area contributed by atoms with E-state index in [2.05, 4.69) is 31.4 Å². The number of carbonyl (C=O) groups is 1. The normalized spacial score (nSPS) is 33.4. The first kappa shape index (κ1) is 35.6. The van der Waals surface area contributed by atoms with E-state index in [9.17, 15) is 25.2 Å². The summed E-state index contributed by atoms with van der Waals surface area (Å²) in [7, 11) is 0. The van der Waals surface area contributed by atoms with Crippen molar-refractivity contribution in [3.8, 4) is 17.6 Å². The Kier molecular flexibility index (Phi) is 12.4. The Morgan fingerprint density at radius 1 is 1.15 bits per heavy atom. The first-order chi connectivity index (χ1) is 22.0. The number of phenolic OH excluding ortho intramolecular Hbond substituents is 1. The highest BCUT2D eigenvalue weighted by molar-refractivity contribution is 5.97. The molecule has 1 heterocycles. The number of allylic oxidation sites excluding steroid dienone is 8. The highest BCUT2D eigenvalue weighted by Gasteiger charge is 2.64. The van der Waals surface area contributed by atoms with Crippen LogP contribution in [0.25, 0.3) is 0 Å². The van der Waals surface area contributed by atoms with Gasteiger partial charge in [-0.1, -0.05) is 71.6 Å². The molecule has 1 spiro atoms. The van der Waals surface area contributed by atoms with Crippen molar-refractivity contribution in [3.05, 3.63) is 88.6 Å². The van der Waals surface area contributed by atoms with Crippen molar-refractivity contribution >= 4 is 5.78 Å². The Labute approximate surface area is 275 Å². The molecule has 0 aromatic heterocycles. The average molecular weight is 629 g/mol. The van der Waals surface area contributed by atoms with Crippen molar-refractivity contribution in [2.75, 3.05) is 19.8 Å². The quantitative estimate of drug-likeness (QED) is 0.152. The van der Waals surface area contributed by atoms with E-state index in [-0.39, 0.29) is 36.4 Å². The van der Waals surface area contributed by atoms with E-state index in [1.54, 1.807) is 24.3 Å². The van der Waals surface area contributed by atoms with Gasteiger partial charge in [-0.3, -0.25) is 4.79 Å². The number of aromatic hydroxyl groups is 1. The van der Waals surface area contributed by atoms with Crippen molar-refractivity contribution < 1.29 is 30.0 Å². The molecule has 46 heavy (non-hydrogen) atoms. The lowest BCUT2D eigenvalue weighted by molar-refractivity contribution is -0.167. The SMILES string of the molecule is C=C1/C=C/C=C(/[C@H]2CC[C@@]3([C@H](CCCO)/C(=C(\C)C(=O)Cc4ccc(O)cc4)CC[C@@]3(C)O)[C@@H]2O)COCC#CC/C(C)=C\CC1. The molecule has 2 aliphatic carbocycles. The molecule has 6 nitrogen and oxygen atoms in total. The summed E-state index contributed by atoms with van der Waals surface area (Å²) in [6.45, 7) is 10.6. The number of hydrogen-bond donors (Lipinski definition) is 4. The lowest BCUT2D eigenvalue weighted by atomic mass is 9.52. The lowest BCUT2D eigenvalue weighted by Crippen LogP contribution is -2.59. The zero-order valence-electron chi connectivity index (χ0n) is 27.9. The van der Waals surface area contributed by atoms with Crippen LogP contribution in [0.5, 0.6) is 5.75 Å². The Morgan fingerprint density at radius 2 is 1.91 bits per heavy atom. The first-order valence-corrected chi connectivity index (χ1v) is 16.8. The second-order valence-corrected chi connectivity index (χ2v) is 13.6. The van der Waals surface area contributed by atoms with E-state index in [1.165, 1.54) is 5.57 Å². The summed E-state index contributed by atoms with van der Waals surface area (Å²) in [5.74, 6) is 5.92. The summed E-state index contributed by atoms with van der Waals surface area (Å²) in [6.07, 6.45) is 13.3. The van der Waals surface area contributed by atoms with E-state index in [0.717, 1.165) is 35.1 Å². The number of hydrogen-bond acceptors (Lipinski definition) is 6. The van der Waals surface area contributed by atoms with Crippen LogP contribution >= 0.6 is 0 Å². The van der Waals surface area contributed by atoms with Crippen LogP contribution in [0.15, 0.2) is 83.0 Å². The number of carbonyl (C=O) groups excluding carboxylic acids is 1. The molecule has 0 bridgehead atoms. The Morgan fingerprint density at radius 3 is 2.65 bits per heavy atom. The van der Waals surface area contributed by atoms with Gasteiger partial charge in [0.2, 0.25) is 0 Å². The third-order valence-corrected chi connectivity index (χ3v) is 10.6. The van der Waals surface area contributed by atoms with E-state index in [1.807, 2.05) is 32.1 Å². The summed E-state index contributed by atoms with van der Waals surface area (Å²) in [5.41, 5.74) is 3.60. The predicted octanol–water partition coefficient (Wildman–Crippen LogP) is 6.70. The van der Waals surface area contributed by atoms with E-state index in [0.29, 0.717) is 63.7 Å². The van der Waals surface area contributed by atoms with Crippen LogP contribution in [0.4, 0.5) is 0 Å². The van der Waals surface area contributed by atoms with Crippen LogP contribution in [-0.2, 0) is 16.0 Å². The zero-order valence-corrected chi connectivity index (χ0v) is 27.9. The molecule has 4 rings (SSSR count). The largest absolute Gasteiger partial charge is 0.508 e. The molecule has 248 valence electrons. The van der Waals surface area contributed by atoms with Crippen LogP contribution < -0.4 is 0 Å². The topological polar surface area (TPSA) is 107 Å². The minimum absolute atomic E-state index is 0.00815. The van der Waals surface area contributed by atoms with Gasteiger partial charge < -0.3 is 25.2 Å². The maximum absolute atomic E-state index is 13.6. The van der Waals surface area contributed by atoms with E-state index >= 15 is 0 Å². The molecule has 6 heteroatoms. The van der Waals surface area contributed by atoms with Crippen LogP contribution in [0.3, 0.4) is 0 Å². The number of rotatable bonds is 7. The number of Topliss-reactive ketones (excluding diaryl/α,β-unsaturated/α-hetero) is 1. The molecule has 5 atom stereocenters. The Balaban J connectivity index is 1.67. The molecule has 2 saturated carbocycles. The van der Waals surface area contributed by atoms with Gasteiger partial charge in [0, 0.05) is 30.8 Å². The van der Waals surface area contributed by atoms with Gasteiger partial charge in [-0.05, 0) is 107 Å². The van der Waals surface area contributed by atoms with Crippen molar-refractivity contribution in [3.63, 3.8) is 0 Å². The smallest absolute Gasteiger partial charge is 0.162 e. The summed E-state index contributed by atoms with van der Waals surface area (Å²) in [4.78, 5) is 13.6. The molecule has 1 aromatic rings. The third-order valence-electron chi connectivity index (χ3n) is 10.6. The average Bonchev–Trinajstić information content (AvgIpc) is 3.36. The van der Waals surface area contributed by atoms with E-state index in [4.69, 9.17) is 4.74 Å². The summed E-state index contributed by atoms with van der Waals surface area (Å²) in [5, 5.41) is 44.1. The standard InChI is InChI=1S/C40H52O6/c1-28-10-5-6-25-46-27-32(14-8-13-29(2)12-7-11-28)35-21-23-40(38(35)44)36(15-9-24-41)34(20-22-39(40,4)45)30(3)37(43)26-31-16-18-33(42)19-17-31/h8,11,13-14,16-19,35-36,38,41-42,44-45H,2,7,9-10,12,15,20-27H2,1,3-4H3/b13-8+,28-11-,32-14+,34-30+/t35-,36-,38-,39-,40-/m1/s1. The highest BCUT2D eigenvalue weighted by Crippen LogP contribution is 2.63. The van der Waals surface area contributed by atoms with Crippen molar-refractivity contribution in [1.82, 2.24) is 0 Å². The molecule has 0 amide bonds. The van der Waals surface area contributed by atoms with Crippen LogP contribution in [-0.4, -0.2) is 57.7 Å². The minimum atomic E-state index is -1.17. The van der Waals surface area contributed by atoms with Gasteiger partial charge in [0.25, 0.3) is 0 Å². The van der Waals surface area contributed by atoms with Crippen molar-refractivity contribution in [2.45, 2.75) is 96.7 Å². The fraction of sp³-hybridized carbons (Fsp3) is 0.525. The molecule has 0 radical (unpaired) electrons. The van der Waals surface area contributed by atoms with Gasteiger partial charge in [0.1, 0.15) is 12.4 Å². The number of ketones is 1. The summed E-state index contributed by atoms with van der Waals surface area (Å²) in [6, 6.07) is 6.67. The third kappa shape index (κ3) is 8.19. The predicted molar refractivity (Wildman–Crippen MR) is 183 cm³/mol. The summed E-state index contributed by atoms with van der Waals surface area (Å²) < 4.78 is 6.03. The molecule has 0 unspecified atom stereocenters. The highest BCUT2D eigenvalue weighted by atomic mass is 16.5. The molecule has 2 fully saturated rings. The molecule has 0 saturated heterocycles. The second-order valence-electron chi connectivity index (χ2n) is 13.6. The van der Waals surface area contributed by atoms with Gasteiger partial charge in [-0.2, -0.15) is 0 Å². The lowest BCUT2D eigenvalue weighted by Gasteiger charge is -2.55.